The van der Waals surface area contributed by atoms with Crippen LogP contribution in [0.1, 0.15) is 10.4 Å². The molecule has 3 aromatic heterocycles. The van der Waals surface area contributed by atoms with Gasteiger partial charge in [0, 0.05) is 12.4 Å². The number of hydrogen-bond acceptors (Lipinski definition) is 4. The van der Waals surface area contributed by atoms with Gasteiger partial charge in [0.2, 0.25) is 0 Å². The number of carbonyl (C=O) groups is 1. The first-order valence-electron chi connectivity index (χ1n) is 4.53. The van der Waals surface area contributed by atoms with Crippen molar-refractivity contribution < 1.29 is 4.79 Å². The fourth-order valence-corrected chi connectivity index (χ4v) is 2.51. The zero-order valence-corrected chi connectivity index (χ0v) is 8.86. The normalized spacial score (nSPS) is 11.0. The van der Waals surface area contributed by atoms with Crippen molar-refractivity contribution >= 4 is 22.1 Å². The number of aromatic nitrogens is 4. The summed E-state index contributed by atoms with van der Waals surface area (Å²) in [5, 5.41) is 10.9. The van der Waals surface area contributed by atoms with E-state index in [1.807, 2.05) is 12.3 Å². The van der Waals surface area contributed by atoms with Crippen LogP contribution < -0.4 is 5.73 Å². The second-order valence-electron chi connectivity index (χ2n) is 3.23. The lowest BCUT2D eigenvalue weighted by molar-refractivity contribution is 0.100. The van der Waals surface area contributed by atoms with Crippen molar-refractivity contribution in [2.24, 2.45) is 5.73 Å². The van der Waals surface area contributed by atoms with E-state index >= 15 is 0 Å². The summed E-state index contributed by atoms with van der Waals surface area (Å²) in [5.41, 5.74) is 6.51. The summed E-state index contributed by atoms with van der Waals surface area (Å²) in [6.45, 7) is 0. The molecule has 1 amide bonds. The summed E-state index contributed by atoms with van der Waals surface area (Å²) in [7, 11) is 0. The van der Waals surface area contributed by atoms with E-state index in [0.29, 0.717) is 5.56 Å². The fraction of sp³-hybridized carbons (Fsp3) is 0. The molecular weight excluding hydrogens is 226 g/mol. The van der Waals surface area contributed by atoms with Gasteiger partial charge in [-0.05, 0) is 6.07 Å². The number of hydrogen-bond donors (Lipinski definition) is 2. The summed E-state index contributed by atoms with van der Waals surface area (Å²) in [4.78, 5) is 12.8. The molecular formula is C9H7N5OS. The van der Waals surface area contributed by atoms with E-state index < -0.39 is 5.91 Å². The number of primary amides is 1. The molecule has 0 unspecified atom stereocenters. The third-order valence-corrected chi connectivity index (χ3v) is 3.35. The predicted octanol–water partition coefficient (Wildman–Crippen LogP) is 0.885. The van der Waals surface area contributed by atoms with E-state index in [1.165, 1.54) is 17.5 Å². The molecule has 7 heteroatoms. The summed E-state index contributed by atoms with van der Waals surface area (Å²) in [5.74, 6) is -0.467. The summed E-state index contributed by atoms with van der Waals surface area (Å²) in [6.07, 6.45) is 5.04. The van der Waals surface area contributed by atoms with E-state index in [9.17, 15) is 4.79 Å². The van der Waals surface area contributed by atoms with Crippen LogP contribution in [-0.2, 0) is 0 Å². The SMILES string of the molecule is NC(=O)c1cnn2cc(-c3cc[nH]n3)sc12. The summed E-state index contributed by atoms with van der Waals surface area (Å²) < 4.78 is 1.63. The number of nitrogens with two attached hydrogens (primary N) is 1. The zero-order chi connectivity index (χ0) is 11.1. The molecule has 80 valence electrons. The molecule has 0 bridgehead atoms. The molecule has 3 rings (SSSR count). The number of aromatic amines is 1. The highest BCUT2D eigenvalue weighted by Gasteiger charge is 2.14. The molecule has 3 aromatic rings. The van der Waals surface area contributed by atoms with E-state index in [2.05, 4.69) is 15.3 Å². The van der Waals surface area contributed by atoms with E-state index in [1.54, 1.807) is 10.7 Å². The molecule has 0 aromatic carbocycles. The Kier molecular flexibility index (Phi) is 1.80. The molecule has 0 fully saturated rings. The van der Waals surface area contributed by atoms with Crippen LogP contribution in [0.3, 0.4) is 0 Å². The molecule has 3 heterocycles. The molecule has 0 atom stereocenters. The van der Waals surface area contributed by atoms with Crippen molar-refractivity contribution in [2.45, 2.75) is 0 Å². The minimum Gasteiger partial charge on any atom is -0.365 e. The Balaban J connectivity index is 2.20. The van der Waals surface area contributed by atoms with Crippen molar-refractivity contribution in [1.82, 2.24) is 19.8 Å². The van der Waals surface area contributed by atoms with Crippen LogP contribution in [-0.4, -0.2) is 25.7 Å². The number of thiazole rings is 1. The zero-order valence-electron chi connectivity index (χ0n) is 8.04. The molecule has 0 aliphatic heterocycles. The third-order valence-electron chi connectivity index (χ3n) is 2.21. The predicted molar refractivity (Wildman–Crippen MR) is 59.2 cm³/mol. The molecule has 16 heavy (non-hydrogen) atoms. The number of fused-ring (bicyclic) bond motifs is 1. The quantitative estimate of drug-likeness (QED) is 0.688. The second-order valence-corrected chi connectivity index (χ2v) is 4.26. The summed E-state index contributed by atoms with van der Waals surface area (Å²) >= 11 is 1.43. The number of carbonyl (C=O) groups excluding carboxylic acids is 1. The first-order valence-corrected chi connectivity index (χ1v) is 5.34. The molecule has 0 spiro atoms. The van der Waals surface area contributed by atoms with Crippen molar-refractivity contribution in [1.29, 1.82) is 0 Å². The van der Waals surface area contributed by atoms with E-state index in [-0.39, 0.29) is 0 Å². The van der Waals surface area contributed by atoms with Gasteiger partial charge in [-0.15, -0.1) is 11.3 Å². The van der Waals surface area contributed by atoms with Gasteiger partial charge < -0.3 is 5.73 Å². The largest absolute Gasteiger partial charge is 0.365 e. The molecule has 3 N–H and O–H groups in total. The van der Waals surface area contributed by atoms with Crippen molar-refractivity contribution in [3.63, 3.8) is 0 Å². The number of nitrogens with zero attached hydrogens (tertiary/aromatic N) is 3. The van der Waals surface area contributed by atoms with Gasteiger partial charge in [0.25, 0.3) is 5.91 Å². The van der Waals surface area contributed by atoms with Gasteiger partial charge in [-0.3, -0.25) is 9.89 Å². The molecule has 0 aliphatic carbocycles. The maximum atomic E-state index is 11.1. The Morgan fingerprint density at radius 1 is 1.56 bits per heavy atom. The average molecular weight is 233 g/mol. The van der Waals surface area contributed by atoms with E-state index in [4.69, 9.17) is 5.73 Å². The van der Waals surface area contributed by atoms with Gasteiger partial charge in [0.05, 0.1) is 16.6 Å². The van der Waals surface area contributed by atoms with E-state index in [0.717, 1.165) is 15.4 Å². The van der Waals surface area contributed by atoms with Crippen LogP contribution in [0.2, 0.25) is 0 Å². The lowest BCUT2D eigenvalue weighted by Crippen LogP contribution is -2.09. The second kappa shape index (κ2) is 3.17. The van der Waals surface area contributed by atoms with Crippen molar-refractivity contribution in [2.75, 3.05) is 0 Å². The standard InChI is InChI=1S/C9H7N5OS/c10-8(15)5-3-12-14-4-7(16-9(5)14)6-1-2-11-13-6/h1-4H,(H2,10,15)(H,11,13). The molecule has 6 nitrogen and oxygen atoms in total. The van der Waals surface area contributed by atoms with Crippen molar-refractivity contribution in [3.05, 3.63) is 30.2 Å². The maximum absolute atomic E-state index is 11.1. The molecule has 0 radical (unpaired) electrons. The number of H-pyrrole nitrogens is 1. The van der Waals surface area contributed by atoms with Crippen LogP contribution in [0.25, 0.3) is 15.4 Å². The number of amides is 1. The number of rotatable bonds is 2. The van der Waals surface area contributed by atoms with Gasteiger partial charge in [-0.25, -0.2) is 4.52 Å². The van der Waals surface area contributed by atoms with Crippen LogP contribution in [0.5, 0.6) is 0 Å². The highest BCUT2D eigenvalue weighted by Crippen LogP contribution is 2.28. The van der Waals surface area contributed by atoms with Gasteiger partial charge in [-0.1, -0.05) is 0 Å². The number of nitrogens with one attached hydrogen (secondary N) is 1. The average Bonchev–Trinajstić information content (AvgIpc) is 2.92. The Hall–Kier alpha value is -2.15. The minimum atomic E-state index is -0.467. The minimum absolute atomic E-state index is 0.437. The first kappa shape index (κ1) is 9.10. The smallest absolute Gasteiger partial charge is 0.253 e. The van der Waals surface area contributed by atoms with Crippen molar-refractivity contribution in [3.8, 4) is 10.6 Å². The van der Waals surface area contributed by atoms with Crippen LogP contribution >= 0.6 is 11.3 Å². The highest BCUT2D eigenvalue weighted by atomic mass is 32.1. The Bertz CT molecular complexity index is 651. The third kappa shape index (κ3) is 1.22. The fourth-order valence-electron chi connectivity index (χ4n) is 1.47. The van der Waals surface area contributed by atoms with Crippen LogP contribution in [0.4, 0.5) is 0 Å². The Labute approximate surface area is 93.7 Å². The van der Waals surface area contributed by atoms with Crippen LogP contribution in [0.15, 0.2) is 24.7 Å². The summed E-state index contributed by atoms with van der Waals surface area (Å²) in [6, 6.07) is 1.86. The Morgan fingerprint density at radius 2 is 2.44 bits per heavy atom. The lowest BCUT2D eigenvalue weighted by Gasteiger charge is -1.86. The monoisotopic (exact) mass is 233 g/mol. The maximum Gasteiger partial charge on any atom is 0.253 e. The highest BCUT2D eigenvalue weighted by molar-refractivity contribution is 7.21. The first-order chi connectivity index (χ1) is 7.75. The lowest BCUT2D eigenvalue weighted by atomic mass is 10.3. The van der Waals surface area contributed by atoms with Gasteiger partial charge in [-0.2, -0.15) is 10.2 Å². The van der Waals surface area contributed by atoms with Gasteiger partial charge >= 0.3 is 0 Å². The Morgan fingerprint density at radius 3 is 3.12 bits per heavy atom. The van der Waals surface area contributed by atoms with Gasteiger partial charge in [0.15, 0.2) is 0 Å². The van der Waals surface area contributed by atoms with Crippen LogP contribution in [0, 0.1) is 0 Å². The molecule has 0 saturated carbocycles. The topological polar surface area (TPSA) is 89.1 Å². The molecule has 0 saturated heterocycles. The van der Waals surface area contributed by atoms with Gasteiger partial charge in [0.1, 0.15) is 10.5 Å². The molecule has 0 aliphatic rings.